The Morgan fingerprint density at radius 3 is 2.69 bits per heavy atom. The fourth-order valence-electron chi connectivity index (χ4n) is 2.66. The number of hydrogen-bond donors (Lipinski definition) is 1. The third-order valence-electron chi connectivity index (χ3n) is 4.17. The third kappa shape index (κ3) is 6.11. The van der Waals surface area contributed by atoms with E-state index in [1.165, 1.54) is 24.5 Å². The highest BCUT2D eigenvalue weighted by Crippen LogP contribution is 2.37. The van der Waals surface area contributed by atoms with Gasteiger partial charge in [0.05, 0.1) is 27.8 Å². The van der Waals surface area contributed by atoms with Crippen molar-refractivity contribution in [2.45, 2.75) is 13.5 Å². The molecule has 0 atom stereocenters. The van der Waals surface area contributed by atoms with Crippen molar-refractivity contribution in [3.8, 4) is 11.5 Å². The first-order chi connectivity index (χ1) is 15.5. The first-order valence-corrected chi connectivity index (χ1v) is 10.3. The van der Waals surface area contributed by atoms with Crippen LogP contribution >= 0.6 is 15.9 Å². The topological polar surface area (TPSA) is 116 Å². The predicted octanol–water partition coefficient (Wildman–Crippen LogP) is 4.49. The average Bonchev–Trinajstić information content (AvgIpc) is 2.79. The summed E-state index contributed by atoms with van der Waals surface area (Å²) in [6.45, 7) is 2.47. The molecule has 1 heterocycles. The highest BCUT2D eigenvalue weighted by molar-refractivity contribution is 9.10. The smallest absolute Gasteiger partial charge is 0.272 e. The number of ether oxygens (including phenoxy) is 2. The zero-order chi connectivity index (χ0) is 22.9. The van der Waals surface area contributed by atoms with Crippen molar-refractivity contribution in [1.82, 2.24) is 10.4 Å². The number of hydrogen-bond acceptors (Lipinski definition) is 7. The maximum Gasteiger partial charge on any atom is 0.272 e. The number of nitro benzene ring substituents is 1. The van der Waals surface area contributed by atoms with Crippen LogP contribution < -0.4 is 14.9 Å². The lowest BCUT2D eigenvalue weighted by Gasteiger charge is -2.14. The molecular formula is C22H19BrN4O5. The lowest BCUT2D eigenvalue weighted by molar-refractivity contribution is -0.384. The predicted molar refractivity (Wildman–Crippen MR) is 122 cm³/mol. The molecule has 0 saturated heterocycles. The number of pyridine rings is 1. The fourth-order valence-corrected chi connectivity index (χ4v) is 3.24. The summed E-state index contributed by atoms with van der Waals surface area (Å²) in [4.78, 5) is 26.3. The molecule has 0 aliphatic rings. The van der Waals surface area contributed by atoms with Crippen molar-refractivity contribution in [1.29, 1.82) is 0 Å². The quantitative estimate of drug-likeness (QED) is 0.264. The molecule has 3 rings (SSSR count). The Bertz CT molecular complexity index is 1120. The average molecular weight is 499 g/mol. The molecule has 0 spiro atoms. The summed E-state index contributed by atoms with van der Waals surface area (Å²) in [5.74, 6) is 0.604. The van der Waals surface area contributed by atoms with E-state index in [1.807, 2.05) is 6.92 Å². The first-order valence-electron chi connectivity index (χ1n) is 9.54. The molecule has 3 aromatic rings. The van der Waals surface area contributed by atoms with E-state index in [1.54, 1.807) is 42.6 Å². The molecule has 0 bridgehead atoms. The second-order valence-corrected chi connectivity index (χ2v) is 7.27. The van der Waals surface area contributed by atoms with Gasteiger partial charge in [0.15, 0.2) is 11.5 Å². The van der Waals surface area contributed by atoms with Crippen LogP contribution in [0.25, 0.3) is 0 Å². The van der Waals surface area contributed by atoms with E-state index in [0.29, 0.717) is 33.7 Å². The molecule has 0 saturated carbocycles. The minimum absolute atomic E-state index is 0.0178. The van der Waals surface area contributed by atoms with Gasteiger partial charge in [0.1, 0.15) is 6.61 Å². The minimum Gasteiger partial charge on any atom is -0.490 e. The number of non-ortho nitro benzene ring substituents is 1. The van der Waals surface area contributed by atoms with Crippen LogP contribution in [-0.4, -0.2) is 28.6 Å². The zero-order valence-corrected chi connectivity index (χ0v) is 18.6. The summed E-state index contributed by atoms with van der Waals surface area (Å²) < 4.78 is 12.2. The van der Waals surface area contributed by atoms with Gasteiger partial charge in [0, 0.05) is 24.5 Å². The van der Waals surface area contributed by atoms with Crippen LogP contribution in [0.5, 0.6) is 11.5 Å². The highest BCUT2D eigenvalue weighted by Gasteiger charge is 2.13. The summed E-state index contributed by atoms with van der Waals surface area (Å²) in [5.41, 5.74) is 4.31. The van der Waals surface area contributed by atoms with Gasteiger partial charge in [-0.15, -0.1) is 0 Å². The van der Waals surface area contributed by atoms with Crippen LogP contribution in [0.3, 0.4) is 0 Å². The Balaban J connectivity index is 1.71. The molecule has 1 N–H and O–H groups in total. The van der Waals surface area contributed by atoms with E-state index in [2.05, 4.69) is 31.4 Å². The van der Waals surface area contributed by atoms with Gasteiger partial charge in [-0.2, -0.15) is 5.10 Å². The highest BCUT2D eigenvalue weighted by atomic mass is 79.9. The van der Waals surface area contributed by atoms with Gasteiger partial charge in [-0.05, 0) is 70.4 Å². The maximum atomic E-state index is 12.0. The van der Waals surface area contributed by atoms with Crippen molar-refractivity contribution < 1.29 is 19.2 Å². The Morgan fingerprint density at radius 2 is 2.03 bits per heavy atom. The van der Waals surface area contributed by atoms with Crippen molar-refractivity contribution in [2.24, 2.45) is 5.10 Å². The van der Waals surface area contributed by atoms with E-state index >= 15 is 0 Å². The molecule has 0 aliphatic heterocycles. The van der Waals surface area contributed by atoms with Gasteiger partial charge >= 0.3 is 0 Å². The van der Waals surface area contributed by atoms with E-state index in [-0.39, 0.29) is 18.2 Å². The molecule has 0 radical (unpaired) electrons. The van der Waals surface area contributed by atoms with Gasteiger partial charge in [-0.25, -0.2) is 5.43 Å². The Hall–Kier alpha value is -3.79. The van der Waals surface area contributed by atoms with Crippen molar-refractivity contribution in [3.63, 3.8) is 0 Å². The fraction of sp³-hybridized carbons (Fsp3) is 0.136. The van der Waals surface area contributed by atoms with Gasteiger partial charge in [-0.3, -0.25) is 19.9 Å². The number of carbonyl (C=O) groups is 1. The summed E-state index contributed by atoms with van der Waals surface area (Å²) in [6.07, 6.45) is 4.52. The number of nitrogens with one attached hydrogen (secondary N) is 1. The number of halogens is 1. The third-order valence-corrected chi connectivity index (χ3v) is 4.75. The van der Waals surface area contributed by atoms with Crippen LogP contribution in [0, 0.1) is 10.1 Å². The standard InChI is InChI=1S/C22H19BrN4O5/c1-2-31-20-11-16(12-25-26-22(28)17-4-3-9-24-13-17)10-19(23)21(20)32-14-15-5-7-18(8-6-15)27(29)30/h3-13H,2,14H2,1H3,(H,26,28)/b25-12+. The van der Waals surface area contributed by atoms with Crippen LogP contribution in [-0.2, 0) is 6.61 Å². The number of amides is 1. The number of carbonyl (C=O) groups excluding carboxylic acids is 1. The van der Waals surface area contributed by atoms with E-state index < -0.39 is 4.92 Å². The van der Waals surface area contributed by atoms with Gasteiger partial charge in [0.2, 0.25) is 0 Å². The van der Waals surface area contributed by atoms with Crippen molar-refractivity contribution in [3.05, 3.63) is 92.2 Å². The summed E-state index contributed by atoms with van der Waals surface area (Å²) in [5, 5.41) is 14.8. The second-order valence-electron chi connectivity index (χ2n) is 6.42. The van der Waals surface area contributed by atoms with Gasteiger partial charge < -0.3 is 9.47 Å². The summed E-state index contributed by atoms with van der Waals surface area (Å²) in [6, 6.07) is 12.9. The minimum atomic E-state index is -0.451. The van der Waals surface area contributed by atoms with E-state index in [4.69, 9.17) is 9.47 Å². The van der Waals surface area contributed by atoms with E-state index in [9.17, 15) is 14.9 Å². The lowest BCUT2D eigenvalue weighted by atomic mass is 10.2. The molecule has 164 valence electrons. The first kappa shape index (κ1) is 22.9. The maximum absolute atomic E-state index is 12.0. The second kappa shape index (κ2) is 11.0. The molecule has 0 aliphatic carbocycles. The Morgan fingerprint density at radius 1 is 1.25 bits per heavy atom. The van der Waals surface area contributed by atoms with E-state index in [0.717, 1.165) is 5.56 Å². The lowest BCUT2D eigenvalue weighted by Crippen LogP contribution is -2.17. The number of nitro groups is 1. The number of benzene rings is 2. The SMILES string of the molecule is CCOc1cc(/C=N/NC(=O)c2cccnc2)cc(Br)c1OCc1ccc([N+](=O)[O-])cc1. The van der Waals surface area contributed by atoms with Gasteiger partial charge in [0.25, 0.3) is 11.6 Å². The molecule has 2 aromatic carbocycles. The normalized spacial score (nSPS) is 10.7. The summed E-state index contributed by atoms with van der Waals surface area (Å²) in [7, 11) is 0. The molecular weight excluding hydrogens is 480 g/mol. The molecule has 9 nitrogen and oxygen atoms in total. The zero-order valence-electron chi connectivity index (χ0n) is 17.0. The van der Waals surface area contributed by atoms with Crippen molar-refractivity contribution >= 4 is 33.7 Å². The van der Waals surface area contributed by atoms with Crippen LogP contribution in [0.1, 0.15) is 28.4 Å². The van der Waals surface area contributed by atoms with Crippen LogP contribution in [0.15, 0.2) is 70.5 Å². The molecule has 0 fully saturated rings. The van der Waals surface area contributed by atoms with Gasteiger partial charge in [-0.1, -0.05) is 0 Å². The number of aromatic nitrogens is 1. The summed E-state index contributed by atoms with van der Waals surface area (Å²) >= 11 is 3.48. The number of hydrazone groups is 1. The molecule has 1 amide bonds. The Kier molecular flexibility index (Phi) is 7.87. The molecule has 10 heteroatoms. The van der Waals surface area contributed by atoms with Crippen molar-refractivity contribution in [2.75, 3.05) is 6.61 Å². The molecule has 1 aromatic heterocycles. The molecule has 0 unspecified atom stereocenters. The number of rotatable bonds is 9. The van der Waals surface area contributed by atoms with Crippen LogP contribution in [0.2, 0.25) is 0 Å². The Labute approximate surface area is 192 Å². The number of nitrogens with zero attached hydrogens (tertiary/aromatic N) is 3. The molecule has 32 heavy (non-hydrogen) atoms. The van der Waals surface area contributed by atoms with Crippen LogP contribution in [0.4, 0.5) is 5.69 Å². The monoisotopic (exact) mass is 498 g/mol. The largest absolute Gasteiger partial charge is 0.490 e.